The summed E-state index contributed by atoms with van der Waals surface area (Å²) in [5.74, 6) is 0.621. The number of likely N-dealkylation sites (tertiary alicyclic amines) is 1. The molecule has 3 heterocycles. The van der Waals surface area contributed by atoms with Gasteiger partial charge in [0.25, 0.3) is 5.91 Å². The highest BCUT2D eigenvalue weighted by Gasteiger charge is 2.24. The molecule has 110 valence electrons. The average Bonchev–Trinajstić information content (AvgIpc) is 3.00. The lowest BCUT2D eigenvalue weighted by molar-refractivity contribution is 0.0472. The van der Waals surface area contributed by atoms with E-state index in [0.717, 1.165) is 12.8 Å². The minimum Gasteiger partial charge on any atom is -0.463 e. The standard InChI is InChI=1S/C16H18N2O3/c1-11-13(16(20)18-8-2-4-12(19)10-18)6-7-14(17-11)15-5-3-9-21-15/h3,5-7,9,12,19H,2,4,8,10H2,1H3. The largest absolute Gasteiger partial charge is 0.463 e. The topological polar surface area (TPSA) is 66.6 Å². The molecule has 1 aliphatic rings. The molecule has 0 bridgehead atoms. The fourth-order valence-electron chi connectivity index (χ4n) is 2.66. The molecule has 1 fully saturated rings. The number of hydrogen-bond acceptors (Lipinski definition) is 4. The van der Waals surface area contributed by atoms with E-state index in [1.165, 1.54) is 0 Å². The van der Waals surface area contributed by atoms with Gasteiger partial charge in [0, 0.05) is 13.1 Å². The van der Waals surface area contributed by atoms with E-state index in [4.69, 9.17) is 4.42 Å². The second kappa shape index (κ2) is 5.69. The van der Waals surface area contributed by atoms with Gasteiger partial charge in [0.15, 0.2) is 5.76 Å². The molecular weight excluding hydrogens is 268 g/mol. The molecule has 21 heavy (non-hydrogen) atoms. The first kappa shape index (κ1) is 13.8. The van der Waals surface area contributed by atoms with Crippen LogP contribution in [0.3, 0.4) is 0 Å². The van der Waals surface area contributed by atoms with Crippen molar-refractivity contribution in [1.29, 1.82) is 0 Å². The molecule has 0 saturated carbocycles. The van der Waals surface area contributed by atoms with Gasteiger partial charge in [-0.05, 0) is 44.0 Å². The molecule has 1 saturated heterocycles. The molecular formula is C16H18N2O3. The smallest absolute Gasteiger partial charge is 0.255 e. The molecule has 1 unspecified atom stereocenters. The van der Waals surface area contributed by atoms with Gasteiger partial charge in [-0.15, -0.1) is 0 Å². The predicted molar refractivity (Wildman–Crippen MR) is 77.8 cm³/mol. The van der Waals surface area contributed by atoms with Crippen LogP contribution in [-0.4, -0.2) is 40.1 Å². The summed E-state index contributed by atoms with van der Waals surface area (Å²) in [5.41, 5.74) is 1.97. The second-order valence-electron chi connectivity index (χ2n) is 5.35. The quantitative estimate of drug-likeness (QED) is 0.919. The number of aliphatic hydroxyl groups is 1. The summed E-state index contributed by atoms with van der Waals surface area (Å²) in [6.45, 7) is 2.91. The summed E-state index contributed by atoms with van der Waals surface area (Å²) in [4.78, 5) is 18.7. The van der Waals surface area contributed by atoms with Crippen LogP contribution in [0.15, 0.2) is 34.9 Å². The van der Waals surface area contributed by atoms with Crippen molar-refractivity contribution in [2.24, 2.45) is 0 Å². The fourth-order valence-corrected chi connectivity index (χ4v) is 2.66. The molecule has 2 aromatic rings. The minimum atomic E-state index is -0.418. The summed E-state index contributed by atoms with van der Waals surface area (Å²) in [6.07, 6.45) is 2.78. The van der Waals surface area contributed by atoms with E-state index < -0.39 is 6.10 Å². The van der Waals surface area contributed by atoms with Gasteiger partial charge in [-0.3, -0.25) is 4.79 Å². The number of pyridine rings is 1. The molecule has 0 aromatic carbocycles. The van der Waals surface area contributed by atoms with E-state index in [-0.39, 0.29) is 5.91 Å². The molecule has 3 rings (SSSR count). The Balaban J connectivity index is 1.84. The van der Waals surface area contributed by atoms with E-state index in [2.05, 4.69) is 4.98 Å². The van der Waals surface area contributed by atoms with Crippen molar-refractivity contribution < 1.29 is 14.3 Å². The number of carbonyl (C=O) groups excluding carboxylic acids is 1. The van der Waals surface area contributed by atoms with Gasteiger partial charge in [0.1, 0.15) is 5.69 Å². The van der Waals surface area contributed by atoms with Gasteiger partial charge in [-0.2, -0.15) is 0 Å². The maximum Gasteiger partial charge on any atom is 0.255 e. The van der Waals surface area contributed by atoms with Crippen LogP contribution in [0.25, 0.3) is 11.5 Å². The van der Waals surface area contributed by atoms with Crippen molar-refractivity contribution in [3.8, 4) is 11.5 Å². The number of nitrogens with zero attached hydrogens (tertiary/aromatic N) is 2. The lowest BCUT2D eigenvalue weighted by atomic mass is 10.1. The van der Waals surface area contributed by atoms with Crippen LogP contribution in [0.2, 0.25) is 0 Å². The Bertz CT molecular complexity index is 637. The molecule has 0 aliphatic carbocycles. The zero-order valence-electron chi connectivity index (χ0n) is 12.0. The molecule has 1 N–H and O–H groups in total. The Morgan fingerprint density at radius 2 is 2.29 bits per heavy atom. The van der Waals surface area contributed by atoms with Crippen LogP contribution in [0.4, 0.5) is 0 Å². The van der Waals surface area contributed by atoms with Gasteiger partial charge < -0.3 is 14.4 Å². The Morgan fingerprint density at radius 3 is 2.95 bits per heavy atom. The van der Waals surface area contributed by atoms with Gasteiger partial charge in [-0.1, -0.05) is 0 Å². The molecule has 1 aliphatic heterocycles. The first-order valence-electron chi connectivity index (χ1n) is 7.14. The van der Waals surface area contributed by atoms with Crippen LogP contribution < -0.4 is 0 Å². The predicted octanol–water partition coefficient (Wildman–Crippen LogP) is 2.25. The Kier molecular flexibility index (Phi) is 3.75. The average molecular weight is 286 g/mol. The molecule has 0 spiro atoms. The molecule has 5 nitrogen and oxygen atoms in total. The number of aryl methyl sites for hydroxylation is 1. The summed E-state index contributed by atoms with van der Waals surface area (Å²) >= 11 is 0. The highest BCUT2D eigenvalue weighted by Crippen LogP contribution is 2.21. The Labute approximate surface area is 123 Å². The SMILES string of the molecule is Cc1nc(-c2ccco2)ccc1C(=O)N1CCCC(O)C1. The van der Waals surface area contributed by atoms with Crippen LogP contribution in [0, 0.1) is 6.92 Å². The number of aliphatic hydroxyl groups excluding tert-OH is 1. The zero-order valence-corrected chi connectivity index (χ0v) is 12.0. The molecule has 0 radical (unpaired) electrons. The number of piperidine rings is 1. The molecule has 1 amide bonds. The zero-order chi connectivity index (χ0) is 14.8. The van der Waals surface area contributed by atoms with Crippen LogP contribution in [-0.2, 0) is 0 Å². The summed E-state index contributed by atoms with van der Waals surface area (Å²) in [5, 5.41) is 9.69. The van der Waals surface area contributed by atoms with Crippen molar-refractivity contribution >= 4 is 5.91 Å². The lowest BCUT2D eigenvalue weighted by Crippen LogP contribution is -2.42. The third-order valence-corrected chi connectivity index (χ3v) is 3.77. The third kappa shape index (κ3) is 2.83. The highest BCUT2D eigenvalue weighted by atomic mass is 16.3. The van der Waals surface area contributed by atoms with Gasteiger partial charge in [-0.25, -0.2) is 4.98 Å². The van der Waals surface area contributed by atoms with Crippen molar-refractivity contribution in [2.75, 3.05) is 13.1 Å². The third-order valence-electron chi connectivity index (χ3n) is 3.77. The van der Waals surface area contributed by atoms with E-state index in [1.807, 2.05) is 13.0 Å². The molecule has 5 heteroatoms. The summed E-state index contributed by atoms with van der Waals surface area (Å²) in [7, 11) is 0. The highest BCUT2D eigenvalue weighted by molar-refractivity contribution is 5.95. The number of furan rings is 1. The number of carbonyl (C=O) groups is 1. The summed E-state index contributed by atoms with van der Waals surface area (Å²) < 4.78 is 5.31. The van der Waals surface area contributed by atoms with Crippen LogP contribution in [0.5, 0.6) is 0 Å². The Hall–Kier alpha value is -2.14. The Morgan fingerprint density at radius 1 is 1.43 bits per heavy atom. The first-order valence-corrected chi connectivity index (χ1v) is 7.14. The number of aromatic nitrogens is 1. The molecule has 1 atom stereocenters. The summed E-state index contributed by atoms with van der Waals surface area (Å²) in [6, 6.07) is 7.22. The maximum absolute atomic E-state index is 12.5. The van der Waals surface area contributed by atoms with Gasteiger partial charge in [0.2, 0.25) is 0 Å². The second-order valence-corrected chi connectivity index (χ2v) is 5.35. The van der Waals surface area contributed by atoms with Crippen molar-refractivity contribution in [3.63, 3.8) is 0 Å². The molecule has 2 aromatic heterocycles. The van der Waals surface area contributed by atoms with Crippen molar-refractivity contribution in [3.05, 3.63) is 41.8 Å². The van der Waals surface area contributed by atoms with E-state index in [1.54, 1.807) is 29.4 Å². The van der Waals surface area contributed by atoms with Crippen molar-refractivity contribution in [1.82, 2.24) is 9.88 Å². The fraction of sp³-hybridized carbons (Fsp3) is 0.375. The van der Waals surface area contributed by atoms with Gasteiger partial charge >= 0.3 is 0 Å². The normalized spacial score (nSPS) is 18.8. The number of hydrogen-bond donors (Lipinski definition) is 1. The van der Waals surface area contributed by atoms with E-state index >= 15 is 0 Å². The first-order chi connectivity index (χ1) is 10.1. The maximum atomic E-state index is 12.5. The lowest BCUT2D eigenvalue weighted by Gasteiger charge is -2.30. The number of amides is 1. The van der Waals surface area contributed by atoms with E-state index in [9.17, 15) is 9.90 Å². The van der Waals surface area contributed by atoms with Crippen LogP contribution >= 0.6 is 0 Å². The van der Waals surface area contributed by atoms with Gasteiger partial charge in [0.05, 0.1) is 23.6 Å². The monoisotopic (exact) mass is 286 g/mol. The minimum absolute atomic E-state index is 0.0651. The van der Waals surface area contributed by atoms with Crippen LogP contribution in [0.1, 0.15) is 28.9 Å². The van der Waals surface area contributed by atoms with E-state index in [0.29, 0.717) is 35.8 Å². The number of rotatable bonds is 2. The number of β-amino-alcohol motifs (C(OH)–C–C–N with tert-alkyl or cyclic N) is 1. The van der Waals surface area contributed by atoms with Crippen molar-refractivity contribution in [2.45, 2.75) is 25.9 Å².